The molecule has 1 aromatic rings. The number of rotatable bonds is 4. The topological polar surface area (TPSA) is 64.4 Å². The Labute approximate surface area is 163 Å². The molecule has 1 heterocycles. The first-order chi connectivity index (χ1) is 12.3. The molecule has 1 saturated heterocycles. The maximum atomic E-state index is 13.1. The molecular formula is C19H26ClF3N2O2. The molecule has 0 radical (unpaired) electrons. The lowest BCUT2D eigenvalue weighted by Crippen LogP contribution is -2.50. The van der Waals surface area contributed by atoms with Gasteiger partial charge in [0.25, 0.3) is 0 Å². The first kappa shape index (κ1) is 22.0. The summed E-state index contributed by atoms with van der Waals surface area (Å²) in [5, 5.41) is 3.04. The molecule has 2 atom stereocenters. The van der Waals surface area contributed by atoms with Crippen LogP contribution in [0.15, 0.2) is 24.3 Å². The lowest BCUT2D eigenvalue weighted by atomic mass is 9.76. The number of alkyl halides is 3. The zero-order chi connectivity index (χ0) is 18.8. The van der Waals surface area contributed by atoms with E-state index >= 15 is 0 Å². The van der Waals surface area contributed by atoms with Gasteiger partial charge in [-0.1, -0.05) is 31.4 Å². The molecule has 3 N–H and O–H groups in total. The maximum absolute atomic E-state index is 13.1. The molecule has 0 spiro atoms. The van der Waals surface area contributed by atoms with Gasteiger partial charge in [0.1, 0.15) is 6.10 Å². The summed E-state index contributed by atoms with van der Waals surface area (Å²) in [7, 11) is 0. The Morgan fingerprint density at radius 3 is 2.52 bits per heavy atom. The number of carbonyl (C=O) groups excluding carboxylic acids is 1. The van der Waals surface area contributed by atoms with E-state index in [9.17, 15) is 18.0 Å². The van der Waals surface area contributed by atoms with E-state index in [4.69, 9.17) is 10.5 Å². The fraction of sp³-hybridized carbons (Fsp3) is 0.632. The average molecular weight is 407 g/mol. The van der Waals surface area contributed by atoms with Crippen LogP contribution in [0.5, 0.6) is 0 Å². The van der Waals surface area contributed by atoms with Crippen molar-refractivity contribution in [3.8, 4) is 0 Å². The minimum atomic E-state index is -4.40. The Bertz CT molecular complexity index is 648. The second-order valence-electron chi connectivity index (χ2n) is 7.27. The Morgan fingerprint density at radius 1 is 1.22 bits per heavy atom. The smallest absolute Gasteiger partial charge is 0.364 e. The monoisotopic (exact) mass is 406 g/mol. The number of amides is 1. The molecule has 1 aliphatic carbocycles. The molecule has 2 aliphatic rings. The van der Waals surface area contributed by atoms with Crippen molar-refractivity contribution in [2.75, 3.05) is 6.54 Å². The van der Waals surface area contributed by atoms with Gasteiger partial charge in [-0.15, -0.1) is 12.4 Å². The summed E-state index contributed by atoms with van der Waals surface area (Å²) in [6.07, 6.45) is 0.234. The number of hydrogen-bond donors (Lipinski definition) is 2. The van der Waals surface area contributed by atoms with Gasteiger partial charge in [0, 0.05) is 6.54 Å². The highest BCUT2D eigenvalue weighted by Gasteiger charge is 2.40. The Kier molecular flexibility index (Phi) is 7.16. The SMILES string of the molecule is Cl.NC[C@H]1CC[C@@H](C(=O)NC2(c3cccc(C(F)(F)F)c3)CCCCC2)O1. The zero-order valence-corrected chi connectivity index (χ0v) is 15.9. The molecule has 1 amide bonds. The standard InChI is InChI=1S/C19H25F3N2O2.ClH/c20-19(21,22)14-6-4-5-13(11-14)18(9-2-1-3-10-18)24-17(25)16-8-7-15(12-23)26-16;/h4-6,11,15-16H,1-3,7-10,12,23H2,(H,24,25);1H/t15-,16+;/m1./s1. The van der Waals surface area contributed by atoms with Crippen LogP contribution in [0.4, 0.5) is 13.2 Å². The summed E-state index contributed by atoms with van der Waals surface area (Å²) < 4.78 is 45.0. The van der Waals surface area contributed by atoms with Gasteiger partial charge < -0.3 is 15.8 Å². The van der Waals surface area contributed by atoms with Gasteiger partial charge in [0.15, 0.2) is 0 Å². The van der Waals surface area contributed by atoms with E-state index in [1.54, 1.807) is 6.07 Å². The summed E-state index contributed by atoms with van der Waals surface area (Å²) >= 11 is 0. The second-order valence-corrected chi connectivity index (χ2v) is 7.27. The van der Waals surface area contributed by atoms with Crippen molar-refractivity contribution < 1.29 is 22.7 Å². The number of nitrogens with two attached hydrogens (primary N) is 1. The molecule has 0 bridgehead atoms. The number of hydrogen-bond acceptors (Lipinski definition) is 3. The van der Waals surface area contributed by atoms with Crippen molar-refractivity contribution in [1.29, 1.82) is 0 Å². The quantitative estimate of drug-likeness (QED) is 0.796. The summed E-state index contributed by atoms with van der Waals surface area (Å²) in [6, 6.07) is 5.33. The molecule has 1 aliphatic heterocycles. The number of carbonyl (C=O) groups is 1. The third-order valence-corrected chi connectivity index (χ3v) is 5.47. The van der Waals surface area contributed by atoms with E-state index in [0.29, 0.717) is 31.4 Å². The van der Waals surface area contributed by atoms with Crippen molar-refractivity contribution >= 4 is 18.3 Å². The van der Waals surface area contributed by atoms with Gasteiger partial charge in [-0.25, -0.2) is 0 Å². The van der Waals surface area contributed by atoms with E-state index < -0.39 is 23.4 Å². The van der Waals surface area contributed by atoms with Crippen LogP contribution in [0, 0.1) is 0 Å². The summed E-state index contributed by atoms with van der Waals surface area (Å²) in [6.45, 7) is 0.364. The molecule has 3 rings (SSSR count). The Morgan fingerprint density at radius 2 is 1.93 bits per heavy atom. The second kappa shape index (κ2) is 8.80. The van der Waals surface area contributed by atoms with Crippen LogP contribution in [-0.4, -0.2) is 24.7 Å². The van der Waals surface area contributed by atoms with Crippen molar-refractivity contribution in [2.24, 2.45) is 5.73 Å². The summed E-state index contributed by atoms with van der Waals surface area (Å²) in [5.41, 5.74) is 4.66. The lowest BCUT2D eigenvalue weighted by Gasteiger charge is -2.39. The predicted octanol–water partition coefficient (Wildman–Crippen LogP) is 3.91. The maximum Gasteiger partial charge on any atom is 0.416 e. The van der Waals surface area contributed by atoms with Crippen molar-refractivity contribution in [3.63, 3.8) is 0 Å². The van der Waals surface area contributed by atoms with Gasteiger partial charge in [-0.05, 0) is 43.4 Å². The lowest BCUT2D eigenvalue weighted by molar-refractivity contribution is -0.137. The fourth-order valence-electron chi connectivity index (χ4n) is 4.02. The molecule has 152 valence electrons. The minimum absolute atomic E-state index is 0. The van der Waals surface area contributed by atoms with E-state index in [1.807, 2.05) is 0 Å². The Hall–Kier alpha value is -1.31. The van der Waals surface area contributed by atoms with Gasteiger partial charge in [-0.2, -0.15) is 13.2 Å². The van der Waals surface area contributed by atoms with E-state index in [-0.39, 0.29) is 24.4 Å². The highest BCUT2D eigenvalue weighted by atomic mass is 35.5. The van der Waals surface area contributed by atoms with Crippen LogP contribution in [0.25, 0.3) is 0 Å². The zero-order valence-electron chi connectivity index (χ0n) is 15.1. The molecule has 0 aromatic heterocycles. The first-order valence-electron chi connectivity index (χ1n) is 9.19. The highest BCUT2D eigenvalue weighted by molar-refractivity contribution is 5.85. The molecular weight excluding hydrogens is 381 g/mol. The minimum Gasteiger partial charge on any atom is -0.364 e. The van der Waals surface area contributed by atoms with Crippen LogP contribution in [0.2, 0.25) is 0 Å². The molecule has 2 fully saturated rings. The van der Waals surface area contributed by atoms with Crippen LogP contribution in [0.1, 0.15) is 56.1 Å². The van der Waals surface area contributed by atoms with Crippen LogP contribution in [0.3, 0.4) is 0 Å². The summed E-state index contributed by atoms with van der Waals surface area (Å²) in [4.78, 5) is 12.7. The third-order valence-electron chi connectivity index (χ3n) is 5.47. The first-order valence-corrected chi connectivity index (χ1v) is 9.19. The van der Waals surface area contributed by atoms with E-state index in [2.05, 4.69) is 5.32 Å². The number of halogens is 4. The molecule has 0 unspecified atom stereocenters. The molecule has 4 nitrogen and oxygen atoms in total. The van der Waals surface area contributed by atoms with Gasteiger partial charge in [0.2, 0.25) is 5.91 Å². The van der Waals surface area contributed by atoms with Crippen LogP contribution in [-0.2, 0) is 21.2 Å². The normalized spacial score (nSPS) is 24.9. The van der Waals surface area contributed by atoms with Gasteiger partial charge in [0.05, 0.1) is 17.2 Å². The van der Waals surface area contributed by atoms with E-state index in [0.717, 1.165) is 31.7 Å². The predicted molar refractivity (Wildman–Crippen MR) is 98.5 cm³/mol. The van der Waals surface area contributed by atoms with Gasteiger partial charge in [-0.3, -0.25) is 4.79 Å². The number of benzene rings is 1. The van der Waals surface area contributed by atoms with Crippen molar-refractivity contribution in [2.45, 2.75) is 68.9 Å². The van der Waals surface area contributed by atoms with Crippen LogP contribution < -0.4 is 11.1 Å². The third kappa shape index (κ3) is 4.95. The fourth-order valence-corrected chi connectivity index (χ4v) is 4.02. The van der Waals surface area contributed by atoms with E-state index in [1.165, 1.54) is 12.1 Å². The average Bonchev–Trinajstić information content (AvgIpc) is 3.11. The molecule has 1 aromatic carbocycles. The molecule has 27 heavy (non-hydrogen) atoms. The van der Waals surface area contributed by atoms with Crippen molar-refractivity contribution in [1.82, 2.24) is 5.32 Å². The number of ether oxygens (including phenoxy) is 1. The Balaban J connectivity index is 0.00000261. The molecule has 1 saturated carbocycles. The van der Waals surface area contributed by atoms with Crippen LogP contribution >= 0.6 is 12.4 Å². The van der Waals surface area contributed by atoms with Crippen molar-refractivity contribution in [3.05, 3.63) is 35.4 Å². The number of nitrogens with one attached hydrogen (secondary N) is 1. The largest absolute Gasteiger partial charge is 0.416 e. The molecule has 8 heteroatoms. The summed E-state index contributed by atoms with van der Waals surface area (Å²) in [5.74, 6) is -0.250. The van der Waals surface area contributed by atoms with Gasteiger partial charge >= 0.3 is 6.18 Å². The highest BCUT2D eigenvalue weighted by Crippen LogP contribution is 2.40.